The van der Waals surface area contributed by atoms with Gasteiger partial charge in [0.2, 0.25) is 0 Å². The zero-order chi connectivity index (χ0) is 10.7. The number of carbonyl (C=O) groups excluding carboxylic acids is 1. The second-order valence-corrected chi connectivity index (χ2v) is 2.94. The molecule has 0 radical (unpaired) electrons. The Kier molecular flexibility index (Phi) is 2.45. The second-order valence-electron chi connectivity index (χ2n) is 2.94. The number of rotatable bonds is 2. The Hall–Kier alpha value is -2.17. The molecule has 0 aliphatic carbocycles. The van der Waals surface area contributed by atoms with Gasteiger partial charge in [0.15, 0.2) is 5.82 Å². The summed E-state index contributed by atoms with van der Waals surface area (Å²) in [6, 6.07) is 5.51. The summed E-state index contributed by atoms with van der Waals surface area (Å²) in [5, 5.41) is 6.58. The third kappa shape index (κ3) is 1.85. The molecule has 0 atom stereocenters. The van der Waals surface area contributed by atoms with Gasteiger partial charge >= 0.3 is 0 Å². The Morgan fingerprint density at radius 1 is 1.47 bits per heavy atom. The first-order valence-corrected chi connectivity index (χ1v) is 4.49. The summed E-state index contributed by atoms with van der Waals surface area (Å²) in [4.78, 5) is 15.4. The van der Waals surface area contributed by atoms with Crippen molar-refractivity contribution in [2.45, 2.75) is 0 Å². The first kappa shape index (κ1) is 9.39. The van der Waals surface area contributed by atoms with Crippen molar-refractivity contribution >= 4 is 5.91 Å². The molecule has 1 N–H and O–H groups in total. The molecule has 2 heterocycles. The molecule has 2 aromatic rings. The van der Waals surface area contributed by atoms with Crippen molar-refractivity contribution in [1.82, 2.24) is 20.1 Å². The van der Waals surface area contributed by atoms with E-state index in [1.165, 1.54) is 6.20 Å². The maximum Gasteiger partial charge on any atom is 0.254 e. The highest BCUT2D eigenvalue weighted by molar-refractivity contribution is 5.93. The van der Waals surface area contributed by atoms with Crippen LogP contribution in [0.15, 0.2) is 36.8 Å². The molecular weight excluding hydrogens is 192 g/mol. The number of nitrogens with zero attached hydrogens (tertiary/aromatic N) is 3. The summed E-state index contributed by atoms with van der Waals surface area (Å²) in [5.41, 5.74) is 0.517. The number of carbonyl (C=O) groups is 1. The molecule has 0 aliphatic heterocycles. The Balaban J connectivity index is 2.32. The van der Waals surface area contributed by atoms with E-state index in [4.69, 9.17) is 0 Å². The predicted molar refractivity (Wildman–Crippen MR) is 54.7 cm³/mol. The van der Waals surface area contributed by atoms with Gasteiger partial charge in [-0.1, -0.05) is 6.07 Å². The van der Waals surface area contributed by atoms with E-state index in [0.717, 1.165) is 0 Å². The molecule has 0 unspecified atom stereocenters. The van der Waals surface area contributed by atoms with Gasteiger partial charge in [-0.25, -0.2) is 9.67 Å². The SMILES string of the molecule is CNC(=O)c1cnn(-c2ccccn2)c1. The lowest BCUT2D eigenvalue weighted by molar-refractivity contribution is 0.0963. The van der Waals surface area contributed by atoms with Crippen molar-refractivity contribution in [1.29, 1.82) is 0 Å². The van der Waals surface area contributed by atoms with E-state index < -0.39 is 0 Å². The molecule has 0 spiro atoms. The highest BCUT2D eigenvalue weighted by Crippen LogP contribution is 2.04. The zero-order valence-corrected chi connectivity index (χ0v) is 8.21. The maximum absolute atomic E-state index is 11.3. The lowest BCUT2D eigenvalue weighted by atomic mass is 10.3. The summed E-state index contributed by atoms with van der Waals surface area (Å²) in [5.74, 6) is 0.532. The molecular formula is C10H10N4O. The molecule has 0 bridgehead atoms. The van der Waals surface area contributed by atoms with Crippen LogP contribution in [0.4, 0.5) is 0 Å². The molecule has 0 saturated carbocycles. The van der Waals surface area contributed by atoms with Gasteiger partial charge in [-0.2, -0.15) is 5.10 Å². The van der Waals surface area contributed by atoms with E-state index in [-0.39, 0.29) is 5.91 Å². The Morgan fingerprint density at radius 2 is 2.33 bits per heavy atom. The van der Waals surface area contributed by atoms with Crippen molar-refractivity contribution < 1.29 is 4.79 Å². The summed E-state index contributed by atoms with van der Waals surface area (Å²) in [6.07, 6.45) is 4.82. The second kappa shape index (κ2) is 3.91. The van der Waals surface area contributed by atoms with Gasteiger partial charge in [-0.3, -0.25) is 4.79 Å². The van der Waals surface area contributed by atoms with E-state index in [0.29, 0.717) is 11.4 Å². The number of aromatic nitrogens is 3. The topological polar surface area (TPSA) is 59.8 Å². The van der Waals surface area contributed by atoms with Crippen LogP contribution in [0.25, 0.3) is 5.82 Å². The first-order valence-electron chi connectivity index (χ1n) is 4.49. The lowest BCUT2D eigenvalue weighted by Crippen LogP contribution is -2.16. The van der Waals surface area contributed by atoms with Gasteiger partial charge in [-0.05, 0) is 12.1 Å². The third-order valence-electron chi connectivity index (χ3n) is 1.96. The minimum atomic E-state index is -0.155. The van der Waals surface area contributed by atoms with Crippen molar-refractivity contribution in [3.8, 4) is 5.82 Å². The van der Waals surface area contributed by atoms with E-state index in [1.807, 2.05) is 18.2 Å². The molecule has 0 fully saturated rings. The first-order chi connectivity index (χ1) is 7.31. The largest absolute Gasteiger partial charge is 0.355 e. The third-order valence-corrected chi connectivity index (χ3v) is 1.96. The Labute approximate surface area is 86.8 Å². The van der Waals surface area contributed by atoms with Crippen LogP contribution in [0.5, 0.6) is 0 Å². The standard InChI is InChI=1S/C10H10N4O/c1-11-10(15)8-6-13-14(7-8)9-4-2-3-5-12-9/h2-7H,1H3,(H,11,15). The van der Waals surface area contributed by atoms with Crippen LogP contribution in [0.1, 0.15) is 10.4 Å². The van der Waals surface area contributed by atoms with Gasteiger partial charge in [0.1, 0.15) is 0 Å². The van der Waals surface area contributed by atoms with Gasteiger partial charge in [0.25, 0.3) is 5.91 Å². The van der Waals surface area contributed by atoms with Crippen LogP contribution in [-0.2, 0) is 0 Å². The highest BCUT2D eigenvalue weighted by Gasteiger charge is 2.06. The van der Waals surface area contributed by atoms with E-state index in [2.05, 4.69) is 15.4 Å². The number of nitrogens with one attached hydrogen (secondary N) is 1. The minimum Gasteiger partial charge on any atom is -0.355 e. The average Bonchev–Trinajstić information content (AvgIpc) is 2.78. The molecule has 2 rings (SSSR count). The number of hydrogen-bond acceptors (Lipinski definition) is 3. The van der Waals surface area contributed by atoms with Crippen molar-refractivity contribution in [2.24, 2.45) is 0 Å². The minimum absolute atomic E-state index is 0.155. The number of pyridine rings is 1. The fraction of sp³-hybridized carbons (Fsp3) is 0.100. The Bertz CT molecular complexity index is 463. The van der Waals surface area contributed by atoms with Crippen molar-refractivity contribution in [3.63, 3.8) is 0 Å². The molecule has 15 heavy (non-hydrogen) atoms. The molecule has 0 aromatic carbocycles. The summed E-state index contributed by atoms with van der Waals surface area (Å²) < 4.78 is 1.56. The summed E-state index contributed by atoms with van der Waals surface area (Å²) in [7, 11) is 1.58. The maximum atomic E-state index is 11.3. The van der Waals surface area contributed by atoms with Crippen LogP contribution in [-0.4, -0.2) is 27.7 Å². The van der Waals surface area contributed by atoms with E-state index >= 15 is 0 Å². The highest BCUT2D eigenvalue weighted by atomic mass is 16.1. The van der Waals surface area contributed by atoms with E-state index in [9.17, 15) is 4.79 Å². The smallest absolute Gasteiger partial charge is 0.254 e. The van der Waals surface area contributed by atoms with Crippen molar-refractivity contribution in [2.75, 3.05) is 7.05 Å². The van der Waals surface area contributed by atoms with Crippen LogP contribution in [0.2, 0.25) is 0 Å². The number of amides is 1. The molecule has 76 valence electrons. The number of hydrogen-bond donors (Lipinski definition) is 1. The van der Waals surface area contributed by atoms with Gasteiger partial charge < -0.3 is 5.32 Å². The van der Waals surface area contributed by atoms with Crippen LogP contribution in [0, 0.1) is 0 Å². The fourth-order valence-corrected chi connectivity index (χ4v) is 1.20. The summed E-state index contributed by atoms with van der Waals surface area (Å²) in [6.45, 7) is 0. The van der Waals surface area contributed by atoms with Gasteiger partial charge in [0, 0.05) is 19.4 Å². The van der Waals surface area contributed by atoms with Gasteiger partial charge in [0.05, 0.1) is 11.8 Å². The normalized spacial score (nSPS) is 9.93. The Morgan fingerprint density at radius 3 is 3.00 bits per heavy atom. The van der Waals surface area contributed by atoms with Crippen molar-refractivity contribution in [3.05, 3.63) is 42.4 Å². The molecule has 0 aliphatic rings. The predicted octanol–water partition coefficient (Wildman–Crippen LogP) is 0.627. The molecule has 5 nitrogen and oxygen atoms in total. The molecule has 5 heteroatoms. The van der Waals surface area contributed by atoms with Crippen LogP contribution in [0.3, 0.4) is 0 Å². The quantitative estimate of drug-likeness (QED) is 0.776. The average molecular weight is 202 g/mol. The van der Waals surface area contributed by atoms with Crippen LogP contribution >= 0.6 is 0 Å². The molecule has 2 aromatic heterocycles. The fourth-order valence-electron chi connectivity index (χ4n) is 1.20. The summed E-state index contributed by atoms with van der Waals surface area (Å²) >= 11 is 0. The molecule has 0 saturated heterocycles. The van der Waals surface area contributed by atoms with E-state index in [1.54, 1.807) is 24.1 Å². The lowest BCUT2D eigenvalue weighted by Gasteiger charge is -1.97. The monoisotopic (exact) mass is 202 g/mol. The zero-order valence-electron chi connectivity index (χ0n) is 8.21. The van der Waals surface area contributed by atoms with Crippen LogP contribution < -0.4 is 5.32 Å². The van der Waals surface area contributed by atoms with Gasteiger partial charge in [-0.15, -0.1) is 0 Å². The molecule has 1 amide bonds.